The molecule has 2 atom stereocenters. The van der Waals surface area contributed by atoms with Gasteiger partial charge in [-0.1, -0.05) is 54.2 Å². The van der Waals surface area contributed by atoms with E-state index in [1.807, 2.05) is 97.1 Å². The minimum Gasteiger partial charge on any atom is -0.468 e. The summed E-state index contributed by atoms with van der Waals surface area (Å²) >= 11 is 2.99. The van der Waals surface area contributed by atoms with Crippen molar-refractivity contribution in [2.24, 2.45) is 0 Å². The Balaban J connectivity index is 1.42. The third kappa shape index (κ3) is 6.91. The maximum Gasteiger partial charge on any atom is 0.440 e. The number of hydrogen-bond donors (Lipinski definition) is 2. The number of pyridine rings is 1. The molecule has 0 bridgehead atoms. The van der Waals surface area contributed by atoms with Crippen LogP contribution in [0.25, 0.3) is 43.2 Å². The lowest BCUT2D eigenvalue weighted by Gasteiger charge is -2.24. The SMILES string of the molecule is CNC(=O)c1ccccc1Sc1ccc2c(/C=C/c3ccccn3)nn(P(=O)(N[C@@H](C)C(=O)OC)Oc3cccc4sc5ccccc5c34)c2c1. The highest BCUT2D eigenvalue weighted by atomic mass is 32.2. The zero-order valence-electron chi connectivity index (χ0n) is 27.8. The van der Waals surface area contributed by atoms with E-state index in [-0.39, 0.29) is 5.91 Å². The van der Waals surface area contributed by atoms with Crippen molar-refractivity contribution in [3.8, 4) is 5.75 Å². The van der Waals surface area contributed by atoms with Crippen LogP contribution >= 0.6 is 30.8 Å². The molecule has 10 nitrogen and oxygen atoms in total. The number of thiophene rings is 1. The molecule has 0 aliphatic heterocycles. The van der Waals surface area contributed by atoms with E-state index in [1.165, 1.54) is 23.3 Å². The molecule has 2 N–H and O–H groups in total. The number of fused-ring (bicyclic) bond motifs is 4. The maximum atomic E-state index is 15.5. The summed E-state index contributed by atoms with van der Waals surface area (Å²) in [5.74, 6) is -0.455. The number of hydrogen-bond acceptors (Lipinski definition) is 9. The highest BCUT2D eigenvalue weighted by Crippen LogP contribution is 2.51. The molecule has 3 aromatic heterocycles. The second kappa shape index (κ2) is 14.5. The lowest BCUT2D eigenvalue weighted by atomic mass is 10.1. The molecule has 256 valence electrons. The maximum absolute atomic E-state index is 15.5. The summed E-state index contributed by atoms with van der Waals surface area (Å²) in [4.78, 5) is 31.3. The number of aromatic nitrogens is 3. The summed E-state index contributed by atoms with van der Waals surface area (Å²) in [6.45, 7) is 1.56. The van der Waals surface area contributed by atoms with E-state index >= 15 is 4.57 Å². The van der Waals surface area contributed by atoms with Gasteiger partial charge in [-0.2, -0.15) is 9.55 Å². The fraction of sp³-hybridized carbons (Fsp3) is 0.105. The van der Waals surface area contributed by atoms with Gasteiger partial charge in [-0.3, -0.25) is 14.6 Å². The van der Waals surface area contributed by atoms with Crippen molar-refractivity contribution in [2.45, 2.75) is 22.8 Å². The second-order valence-electron chi connectivity index (χ2n) is 11.4. The van der Waals surface area contributed by atoms with E-state index in [4.69, 9.17) is 14.4 Å². The van der Waals surface area contributed by atoms with Gasteiger partial charge in [-0.05, 0) is 79.7 Å². The largest absolute Gasteiger partial charge is 0.468 e. The van der Waals surface area contributed by atoms with Crippen LogP contribution < -0.4 is 14.9 Å². The van der Waals surface area contributed by atoms with Gasteiger partial charge in [0, 0.05) is 48.6 Å². The number of ether oxygens (including phenoxy) is 1. The smallest absolute Gasteiger partial charge is 0.440 e. The lowest BCUT2D eigenvalue weighted by molar-refractivity contribution is -0.142. The first-order valence-electron chi connectivity index (χ1n) is 15.9. The predicted molar refractivity (Wildman–Crippen MR) is 204 cm³/mol. The Kier molecular flexibility index (Phi) is 9.75. The standard InChI is InChI=1S/C38H32N5O5PS2/c1-24(38(45)47-3)42-49(46,48-32-14-10-17-35-36(32)28-12-4-6-15-33(28)51-35)43-31-23-26(50-34-16-7-5-13-29(34)37(44)39-2)19-20-27(31)30(41-43)21-18-25-11-8-9-22-40-25/h4-24H,1-3H3,(H,39,44)(H,42,46)/b21-18+/t24-,49?/m0/s1. The highest BCUT2D eigenvalue weighted by molar-refractivity contribution is 7.99. The Morgan fingerprint density at radius 1 is 0.922 bits per heavy atom. The van der Waals surface area contributed by atoms with Crippen LogP contribution in [0.5, 0.6) is 5.75 Å². The first kappa shape index (κ1) is 34.2. The molecule has 0 spiro atoms. The van der Waals surface area contributed by atoms with Crippen LogP contribution in [0.2, 0.25) is 0 Å². The van der Waals surface area contributed by atoms with Crippen LogP contribution in [0.1, 0.15) is 28.7 Å². The molecule has 1 unspecified atom stereocenters. The first-order chi connectivity index (χ1) is 24.8. The summed E-state index contributed by atoms with van der Waals surface area (Å²) < 4.78 is 30.5. The van der Waals surface area contributed by atoms with Crippen molar-refractivity contribution in [3.63, 3.8) is 0 Å². The zero-order valence-corrected chi connectivity index (χ0v) is 30.3. The number of amides is 1. The molecule has 7 rings (SSSR count). The van der Waals surface area contributed by atoms with Crippen molar-refractivity contribution >= 4 is 85.9 Å². The van der Waals surface area contributed by atoms with Gasteiger partial charge < -0.3 is 14.6 Å². The first-order valence-corrected chi connectivity index (χ1v) is 19.2. The fourth-order valence-corrected chi connectivity index (χ4v) is 9.70. The Morgan fingerprint density at radius 2 is 1.71 bits per heavy atom. The third-order valence-corrected chi connectivity index (χ3v) is 12.3. The van der Waals surface area contributed by atoms with Crippen LogP contribution in [0, 0.1) is 0 Å². The number of benzene rings is 4. The Hall–Kier alpha value is -5.26. The molecule has 13 heteroatoms. The number of nitrogens with one attached hydrogen (secondary N) is 2. The third-order valence-electron chi connectivity index (χ3n) is 8.10. The molecule has 0 saturated heterocycles. The molecule has 4 aromatic carbocycles. The topological polar surface area (TPSA) is 124 Å². The summed E-state index contributed by atoms with van der Waals surface area (Å²) in [5, 5.41) is 13.0. The quantitative estimate of drug-likeness (QED) is 0.0993. The zero-order chi connectivity index (χ0) is 35.5. The van der Waals surface area contributed by atoms with Crippen molar-refractivity contribution in [3.05, 3.63) is 126 Å². The van der Waals surface area contributed by atoms with E-state index in [9.17, 15) is 9.59 Å². The van der Waals surface area contributed by atoms with Gasteiger partial charge in [0.1, 0.15) is 11.8 Å². The monoisotopic (exact) mass is 733 g/mol. The van der Waals surface area contributed by atoms with Crippen LogP contribution in [-0.4, -0.2) is 46.6 Å². The van der Waals surface area contributed by atoms with Crippen molar-refractivity contribution in [1.29, 1.82) is 0 Å². The molecular weight excluding hydrogens is 702 g/mol. The second-order valence-corrected chi connectivity index (χ2v) is 15.5. The van der Waals surface area contributed by atoms with Gasteiger partial charge in [0.25, 0.3) is 5.91 Å². The molecule has 0 aliphatic carbocycles. The Morgan fingerprint density at radius 3 is 2.51 bits per heavy atom. The highest BCUT2D eigenvalue weighted by Gasteiger charge is 2.36. The summed E-state index contributed by atoms with van der Waals surface area (Å²) in [6, 6.07) is 31.1. The Bertz CT molecular complexity index is 2500. The molecule has 7 aromatic rings. The van der Waals surface area contributed by atoms with E-state index in [2.05, 4.69) is 15.4 Å². The van der Waals surface area contributed by atoms with Crippen molar-refractivity contribution < 1.29 is 23.4 Å². The fourth-order valence-electron chi connectivity index (χ4n) is 5.68. The van der Waals surface area contributed by atoms with Gasteiger partial charge in [0.2, 0.25) is 0 Å². The summed E-state index contributed by atoms with van der Waals surface area (Å²) in [7, 11) is -1.43. The molecule has 0 saturated carbocycles. The number of carbonyl (C=O) groups is 2. The minimum atomic E-state index is -4.29. The van der Waals surface area contributed by atoms with Crippen LogP contribution in [-0.2, 0) is 14.1 Å². The molecule has 51 heavy (non-hydrogen) atoms. The van der Waals surface area contributed by atoms with Crippen molar-refractivity contribution in [1.82, 2.24) is 24.9 Å². The molecule has 3 heterocycles. The van der Waals surface area contributed by atoms with Crippen LogP contribution in [0.3, 0.4) is 0 Å². The normalized spacial score (nSPS) is 13.4. The molecular formula is C38H32N5O5PS2. The van der Waals surface area contributed by atoms with E-state index in [0.717, 1.165) is 30.0 Å². The van der Waals surface area contributed by atoms with Crippen LogP contribution in [0.15, 0.2) is 119 Å². The average Bonchev–Trinajstić information content (AvgIpc) is 3.73. The number of nitrogens with zero attached hydrogens (tertiary/aromatic N) is 3. The molecule has 1 amide bonds. The summed E-state index contributed by atoms with van der Waals surface area (Å²) in [5.41, 5.74) is 2.23. The predicted octanol–water partition coefficient (Wildman–Crippen LogP) is 8.67. The number of carbonyl (C=O) groups excluding carboxylic acids is 2. The van der Waals surface area contributed by atoms with Gasteiger partial charge in [-0.25, -0.2) is 9.65 Å². The van der Waals surface area contributed by atoms with E-state index < -0.39 is 19.7 Å². The van der Waals surface area contributed by atoms with Gasteiger partial charge in [0.15, 0.2) is 0 Å². The number of esters is 1. The minimum absolute atomic E-state index is 0.208. The molecule has 0 radical (unpaired) electrons. The average molecular weight is 734 g/mol. The number of rotatable bonds is 11. The summed E-state index contributed by atoms with van der Waals surface area (Å²) in [6.07, 6.45) is 5.32. The van der Waals surface area contributed by atoms with E-state index in [1.54, 1.807) is 49.7 Å². The number of methoxy groups -OCH3 is 1. The van der Waals surface area contributed by atoms with Gasteiger partial charge >= 0.3 is 13.6 Å². The van der Waals surface area contributed by atoms with Crippen LogP contribution in [0.4, 0.5) is 0 Å². The van der Waals surface area contributed by atoms with Gasteiger partial charge in [0.05, 0.1) is 29.6 Å². The van der Waals surface area contributed by atoms with E-state index in [0.29, 0.717) is 33.6 Å². The molecule has 0 aliphatic rings. The molecule has 0 fully saturated rings. The van der Waals surface area contributed by atoms with Gasteiger partial charge in [-0.15, -0.1) is 11.3 Å². The Labute approximate surface area is 302 Å². The van der Waals surface area contributed by atoms with Crippen molar-refractivity contribution in [2.75, 3.05) is 14.2 Å². The lowest BCUT2D eigenvalue weighted by Crippen LogP contribution is -2.36.